The smallest absolute Gasteiger partial charge is 0.238 e. The normalized spacial score (nSPS) is 29.4. The number of fused-ring (bicyclic) bond motifs is 2. The molecule has 0 saturated carbocycles. The van der Waals surface area contributed by atoms with Crippen molar-refractivity contribution in [2.24, 2.45) is 5.73 Å². The minimum absolute atomic E-state index is 0.0895. The lowest BCUT2D eigenvalue weighted by Gasteiger charge is -2.37. The molecule has 2 saturated heterocycles. The second-order valence-electron chi connectivity index (χ2n) is 6.15. The predicted molar refractivity (Wildman–Crippen MR) is 80.5 cm³/mol. The van der Waals surface area contributed by atoms with Crippen molar-refractivity contribution in [3.05, 3.63) is 29.8 Å². The molecule has 2 aliphatic rings. The van der Waals surface area contributed by atoms with Gasteiger partial charge in [0.2, 0.25) is 5.91 Å². The van der Waals surface area contributed by atoms with E-state index in [1.165, 1.54) is 12.8 Å². The van der Waals surface area contributed by atoms with Crippen LogP contribution in [-0.4, -0.2) is 35.5 Å². The minimum Gasteiger partial charge on any atom is -0.328 e. The highest BCUT2D eigenvalue weighted by Gasteiger charge is 2.40. The number of piperidine rings is 1. The maximum atomic E-state index is 12.2. The van der Waals surface area contributed by atoms with E-state index in [-0.39, 0.29) is 5.91 Å². The lowest BCUT2D eigenvalue weighted by atomic mass is 9.98. The molecule has 2 atom stereocenters. The summed E-state index contributed by atoms with van der Waals surface area (Å²) in [4.78, 5) is 14.6. The molecule has 20 heavy (non-hydrogen) atoms. The van der Waals surface area contributed by atoms with Gasteiger partial charge in [-0.25, -0.2) is 0 Å². The van der Waals surface area contributed by atoms with Crippen molar-refractivity contribution in [3.8, 4) is 0 Å². The molecule has 108 valence electrons. The third-order valence-electron chi connectivity index (χ3n) is 4.67. The number of rotatable bonds is 3. The monoisotopic (exact) mass is 273 g/mol. The van der Waals surface area contributed by atoms with Gasteiger partial charge in [-0.3, -0.25) is 9.69 Å². The number of hydrogen-bond donors (Lipinski definition) is 2. The van der Waals surface area contributed by atoms with Crippen LogP contribution in [0.4, 0.5) is 5.69 Å². The maximum absolute atomic E-state index is 12.2. The molecule has 0 aromatic heterocycles. The Morgan fingerprint density at radius 3 is 2.60 bits per heavy atom. The molecular weight excluding hydrogens is 250 g/mol. The van der Waals surface area contributed by atoms with Crippen LogP contribution >= 0.6 is 0 Å². The van der Waals surface area contributed by atoms with Gasteiger partial charge in [0.25, 0.3) is 0 Å². The first kappa shape index (κ1) is 13.6. The number of carbonyl (C=O) groups excluding carboxylic acids is 1. The van der Waals surface area contributed by atoms with E-state index in [1.54, 1.807) is 0 Å². The molecule has 2 bridgehead atoms. The van der Waals surface area contributed by atoms with Gasteiger partial charge in [0, 0.05) is 23.8 Å². The summed E-state index contributed by atoms with van der Waals surface area (Å²) in [7, 11) is 0. The quantitative estimate of drug-likeness (QED) is 0.884. The van der Waals surface area contributed by atoms with Crippen LogP contribution in [0.1, 0.15) is 31.2 Å². The molecule has 2 aliphatic heterocycles. The van der Waals surface area contributed by atoms with Crippen molar-refractivity contribution in [1.29, 1.82) is 0 Å². The van der Waals surface area contributed by atoms with Crippen molar-refractivity contribution < 1.29 is 4.79 Å². The molecule has 0 spiro atoms. The number of anilines is 1. The number of amides is 1. The first-order valence-electron chi connectivity index (χ1n) is 7.50. The van der Waals surface area contributed by atoms with Gasteiger partial charge in [0.15, 0.2) is 0 Å². The Morgan fingerprint density at radius 2 is 1.95 bits per heavy atom. The molecule has 4 heteroatoms. The Balaban J connectivity index is 1.61. The van der Waals surface area contributed by atoms with Gasteiger partial charge in [-0.1, -0.05) is 18.2 Å². The van der Waals surface area contributed by atoms with Crippen LogP contribution in [0.2, 0.25) is 0 Å². The van der Waals surface area contributed by atoms with Gasteiger partial charge in [-0.05, 0) is 44.2 Å². The van der Waals surface area contributed by atoms with E-state index in [0.717, 1.165) is 24.1 Å². The van der Waals surface area contributed by atoms with Crippen molar-refractivity contribution in [2.45, 2.75) is 50.7 Å². The predicted octanol–water partition coefficient (Wildman–Crippen LogP) is 1.89. The number of para-hydroxylation sites is 1. The van der Waals surface area contributed by atoms with Crippen LogP contribution in [-0.2, 0) is 4.79 Å². The Labute approximate surface area is 120 Å². The third-order valence-corrected chi connectivity index (χ3v) is 4.67. The summed E-state index contributed by atoms with van der Waals surface area (Å²) in [5, 5.41) is 3.03. The van der Waals surface area contributed by atoms with E-state index in [4.69, 9.17) is 5.73 Å². The standard InChI is InChI=1S/C16H23N3O/c1-11-4-2-3-5-15(11)18-16(20)10-19-13-6-7-14(19)9-12(17)8-13/h2-5,12-14H,6-10,17H2,1H3,(H,18,20). The molecule has 2 unspecified atom stereocenters. The van der Waals surface area contributed by atoms with Gasteiger partial charge in [-0.2, -0.15) is 0 Å². The van der Waals surface area contributed by atoms with Gasteiger partial charge >= 0.3 is 0 Å². The van der Waals surface area contributed by atoms with Crippen LogP contribution in [0.25, 0.3) is 0 Å². The van der Waals surface area contributed by atoms with Crippen LogP contribution in [0, 0.1) is 6.92 Å². The Kier molecular flexibility index (Phi) is 3.76. The molecule has 3 rings (SSSR count). The van der Waals surface area contributed by atoms with Crippen LogP contribution in [0.5, 0.6) is 0 Å². The zero-order valence-electron chi connectivity index (χ0n) is 12.0. The number of carbonyl (C=O) groups is 1. The highest BCUT2D eigenvalue weighted by Crippen LogP contribution is 2.34. The van der Waals surface area contributed by atoms with Gasteiger partial charge in [0.1, 0.15) is 0 Å². The second kappa shape index (κ2) is 5.54. The number of aryl methyl sites for hydroxylation is 1. The van der Waals surface area contributed by atoms with Crippen LogP contribution in [0.3, 0.4) is 0 Å². The average molecular weight is 273 g/mol. The highest BCUT2D eigenvalue weighted by molar-refractivity contribution is 5.93. The largest absolute Gasteiger partial charge is 0.328 e. The third kappa shape index (κ3) is 2.72. The van der Waals surface area contributed by atoms with Crippen molar-refractivity contribution >= 4 is 11.6 Å². The molecule has 3 N–H and O–H groups in total. The molecule has 1 amide bonds. The van der Waals surface area contributed by atoms with E-state index in [9.17, 15) is 4.79 Å². The summed E-state index contributed by atoms with van der Waals surface area (Å²) in [5.41, 5.74) is 8.08. The van der Waals surface area contributed by atoms with E-state index < -0.39 is 0 Å². The summed E-state index contributed by atoms with van der Waals surface area (Å²) in [5.74, 6) is 0.0895. The highest BCUT2D eigenvalue weighted by atomic mass is 16.2. The Bertz CT molecular complexity index is 488. The molecule has 2 heterocycles. The molecule has 0 radical (unpaired) electrons. The molecule has 2 fully saturated rings. The molecular formula is C16H23N3O. The fraction of sp³-hybridized carbons (Fsp3) is 0.562. The Morgan fingerprint density at radius 1 is 1.30 bits per heavy atom. The van der Waals surface area contributed by atoms with Crippen LogP contribution in [0.15, 0.2) is 24.3 Å². The van der Waals surface area contributed by atoms with Crippen LogP contribution < -0.4 is 11.1 Å². The average Bonchev–Trinajstić information content (AvgIpc) is 2.65. The van der Waals surface area contributed by atoms with Gasteiger partial charge < -0.3 is 11.1 Å². The number of benzene rings is 1. The number of hydrogen-bond acceptors (Lipinski definition) is 3. The maximum Gasteiger partial charge on any atom is 0.238 e. The van der Waals surface area contributed by atoms with E-state index in [2.05, 4.69) is 10.2 Å². The molecule has 4 nitrogen and oxygen atoms in total. The fourth-order valence-electron chi connectivity index (χ4n) is 3.64. The van der Waals surface area contributed by atoms with E-state index >= 15 is 0 Å². The lowest BCUT2D eigenvalue weighted by Crippen LogP contribution is -2.49. The summed E-state index contributed by atoms with van der Waals surface area (Å²) in [6.45, 7) is 2.51. The number of nitrogens with two attached hydrogens (primary N) is 1. The zero-order valence-corrected chi connectivity index (χ0v) is 12.0. The molecule has 1 aromatic rings. The summed E-state index contributed by atoms with van der Waals surface area (Å²) >= 11 is 0. The van der Waals surface area contributed by atoms with Crippen molar-refractivity contribution in [2.75, 3.05) is 11.9 Å². The van der Waals surface area contributed by atoms with Gasteiger partial charge in [0.05, 0.1) is 6.54 Å². The summed E-state index contributed by atoms with van der Waals surface area (Å²) in [6, 6.07) is 9.23. The number of nitrogens with zero attached hydrogens (tertiary/aromatic N) is 1. The molecule has 0 aliphatic carbocycles. The van der Waals surface area contributed by atoms with Crippen molar-refractivity contribution in [3.63, 3.8) is 0 Å². The second-order valence-corrected chi connectivity index (χ2v) is 6.15. The first-order valence-corrected chi connectivity index (χ1v) is 7.50. The summed E-state index contributed by atoms with van der Waals surface area (Å²) < 4.78 is 0. The van der Waals surface area contributed by atoms with Crippen molar-refractivity contribution in [1.82, 2.24) is 4.90 Å². The SMILES string of the molecule is Cc1ccccc1NC(=O)CN1C2CCC1CC(N)C2. The fourth-order valence-corrected chi connectivity index (χ4v) is 3.64. The molecule has 1 aromatic carbocycles. The lowest BCUT2D eigenvalue weighted by molar-refractivity contribution is -0.118. The Hall–Kier alpha value is -1.39. The topological polar surface area (TPSA) is 58.4 Å². The van der Waals surface area contributed by atoms with E-state index in [0.29, 0.717) is 24.7 Å². The summed E-state index contributed by atoms with van der Waals surface area (Å²) in [6.07, 6.45) is 4.45. The van der Waals surface area contributed by atoms with Gasteiger partial charge in [-0.15, -0.1) is 0 Å². The number of nitrogens with one attached hydrogen (secondary N) is 1. The zero-order chi connectivity index (χ0) is 14.1. The first-order chi connectivity index (χ1) is 9.63. The minimum atomic E-state index is 0.0895. The van der Waals surface area contributed by atoms with E-state index in [1.807, 2.05) is 31.2 Å².